The number of carbonyl (C=O) groups is 1. The Morgan fingerprint density at radius 3 is 2.62 bits per heavy atom. The topological polar surface area (TPSA) is 56.8 Å². The Bertz CT molecular complexity index is 221. The Morgan fingerprint density at radius 1 is 1.44 bits per heavy atom. The molecule has 0 amide bonds. The fourth-order valence-electron chi connectivity index (χ4n) is 2.04. The number of hydrogen-bond donors (Lipinski definition) is 1. The first-order valence-corrected chi connectivity index (χ1v) is 5.62. The zero-order valence-corrected chi connectivity index (χ0v) is 10.2. The molecule has 0 aromatic carbocycles. The van der Waals surface area contributed by atoms with E-state index in [9.17, 15) is 4.79 Å². The summed E-state index contributed by atoms with van der Waals surface area (Å²) in [6.45, 7) is 3.86. The molecule has 0 aromatic heterocycles. The van der Waals surface area contributed by atoms with Gasteiger partial charge in [-0.25, -0.2) is 0 Å². The fourth-order valence-corrected chi connectivity index (χ4v) is 2.04. The lowest BCUT2D eigenvalue weighted by molar-refractivity contribution is -0.161. The average Bonchev–Trinajstić information content (AvgIpc) is 2.24. The molecule has 0 aromatic rings. The van der Waals surface area contributed by atoms with Gasteiger partial charge in [-0.05, 0) is 6.92 Å². The third-order valence-corrected chi connectivity index (χ3v) is 2.90. The zero-order chi connectivity index (χ0) is 12.0. The van der Waals surface area contributed by atoms with Crippen LogP contribution in [0.3, 0.4) is 0 Å². The minimum atomic E-state index is -0.562. The molecule has 94 valence electrons. The number of methoxy groups -OCH3 is 2. The summed E-state index contributed by atoms with van der Waals surface area (Å²) in [6, 6.07) is 0. The molecule has 5 nitrogen and oxygen atoms in total. The third kappa shape index (κ3) is 2.93. The van der Waals surface area contributed by atoms with Crippen LogP contribution in [0, 0.1) is 0 Å². The summed E-state index contributed by atoms with van der Waals surface area (Å²) in [5.41, 5.74) is -0.562. The van der Waals surface area contributed by atoms with Crippen molar-refractivity contribution in [3.63, 3.8) is 0 Å². The second-order valence-corrected chi connectivity index (χ2v) is 3.98. The highest BCUT2D eigenvalue weighted by Crippen LogP contribution is 2.35. The van der Waals surface area contributed by atoms with Crippen LogP contribution in [0.2, 0.25) is 0 Å². The van der Waals surface area contributed by atoms with E-state index in [0.717, 1.165) is 0 Å². The quantitative estimate of drug-likeness (QED) is 0.505. The van der Waals surface area contributed by atoms with E-state index < -0.39 is 5.54 Å². The summed E-state index contributed by atoms with van der Waals surface area (Å²) in [4.78, 5) is 11.7. The van der Waals surface area contributed by atoms with E-state index in [-0.39, 0.29) is 12.1 Å². The number of hydrogen-bond acceptors (Lipinski definition) is 5. The number of rotatable bonds is 7. The van der Waals surface area contributed by atoms with Crippen LogP contribution < -0.4 is 5.32 Å². The largest absolute Gasteiger partial charge is 0.468 e. The van der Waals surface area contributed by atoms with Crippen molar-refractivity contribution in [2.45, 2.75) is 31.4 Å². The van der Waals surface area contributed by atoms with Gasteiger partial charge in [-0.1, -0.05) is 0 Å². The molecule has 1 rings (SSSR count). The van der Waals surface area contributed by atoms with Crippen LogP contribution in [0.25, 0.3) is 0 Å². The Balaban J connectivity index is 2.43. The second-order valence-electron chi connectivity index (χ2n) is 3.98. The van der Waals surface area contributed by atoms with Gasteiger partial charge in [0, 0.05) is 33.1 Å². The first-order chi connectivity index (χ1) is 7.68. The average molecular weight is 231 g/mol. The van der Waals surface area contributed by atoms with E-state index in [1.54, 1.807) is 7.11 Å². The Labute approximate surface area is 96.4 Å². The van der Waals surface area contributed by atoms with Gasteiger partial charge in [0.2, 0.25) is 0 Å². The molecule has 5 heteroatoms. The maximum atomic E-state index is 11.7. The minimum Gasteiger partial charge on any atom is -0.468 e. The van der Waals surface area contributed by atoms with Crippen LogP contribution in [-0.2, 0) is 19.0 Å². The van der Waals surface area contributed by atoms with E-state index in [2.05, 4.69) is 5.32 Å². The van der Waals surface area contributed by atoms with Crippen molar-refractivity contribution in [2.24, 2.45) is 0 Å². The number of esters is 1. The van der Waals surface area contributed by atoms with Gasteiger partial charge < -0.3 is 14.2 Å². The number of ether oxygens (including phenoxy) is 3. The zero-order valence-electron chi connectivity index (χ0n) is 10.2. The summed E-state index contributed by atoms with van der Waals surface area (Å²) >= 11 is 0. The molecule has 0 atom stereocenters. The van der Waals surface area contributed by atoms with E-state index in [1.165, 1.54) is 7.11 Å². The predicted molar refractivity (Wildman–Crippen MR) is 59.3 cm³/mol. The Kier molecular flexibility index (Phi) is 5.18. The van der Waals surface area contributed by atoms with Crippen LogP contribution >= 0.6 is 0 Å². The van der Waals surface area contributed by atoms with Crippen molar-refractivity contribution in [3.8, 4) is 0 Å². The standard InChI is InChI=1S/C11H21NO4/c1-4-16-9-7-11(8-9,10(13)15-3)12-5-6-14-2/h9,12H,4-8H2,1-3H3. The molecule has 16 heavy (non-hydrogen) atoms. The molecule has 0 unspecified atom stereocenters. The fraction of sp³-hybridized carbons (Fsp3) is 0.909. The van der Waals surface area contributed by atoms with Crippen molar-refractivity contribution in [2.75, 3.05) is 34.0 Å². The van der Waals surface area contributed by atoms with Gasteiger partial charge in [0.15, 0.2) is 0 Å². The first kappa shape index (κ1) is 13.4. The lowest BCUT2D eigenvalue weighted by atomic mass is 9.74. The normalized spacial score (nSPS) is 28.6. The summed E-state index contributed by atoms with van der Waals surface area (Å²) < 4.78 is 15.2. The van der Waals surface area contributed by atoms with E-state index in [1.807, 2.05) is 6.92 Å². The molecule has 1 fully saturated rings. The van der Waals surface area contributed by atoms with E-state index in [0.29, 0.717) is 32.6 Å². The molecule has 0 aliphatic heterocycles. The van der Waals surface area contributed by atoms with Crippen molar-refractivity contribution >= 4 is 5.97 Å². The molecule has 1 aliphatic carbocycles. The summed E-state index contributed by atoms with van der Waals surface area (Å²) in [5, 5.41) is 3.19. The van der Waals surface area contributed by atoms with Gasteiger partial charge in [0.05, 0.1) is 19.8 Å². The maximum Gasteiger partial charge on any atom is 0.326 e. The lowest BCUT2D eigenvalue weighted by Gasteiger charge is -2.45. The maximum absolute atomic E-state index is 11.7. The molecular formula is C11H21NO4. The molecule has 1 aliphatic rings. The molecule has 0 radical (unpaired) electrons. The molecular weight excluding hydrogens is 210 g/mol. The third-order valence-electron chi connectivity index (χ3n) is 2.90. The van der Waals surface area contributed by atoms with Crippen LogP contribution in [0.1, 0.15) is 19.8 Å². The van der Waals surface area contributed by atoms with Gasteiger partial charge in [0.25, 0.3) is 0 Å². The SMILES string of the molecule is CCOC1CC(NCCOC)(C(=O)OC)C1. The number of nitrogens with one attached hydrogen (secondary N) is 1. The first-order valence-electron chi connectivity index (χ1n) is 5.62. The van der Waals surface area contributed by atoms with Gasteiger partial charge in [-0.15, -0.1) is 0 Å². The second kappa shape index (κ2) is 6.18. The highest BCUT2D eigenvalue weighted by atomic mass is 16.5. The summed E-state index contributed by atoms with van der Waals surface area (Å²) in [5.74, 6) is -0.209. The molecule has 0 spiro atoms. The predicted octanol–water partition coefficient (Wildman–Crippen LogP) is 0.333. The molecule has 1 N–H and O–H groups in total. The molecule has 0 heterocycles. The van der Waals surface area contributed by atoms with Crippen LogP contribution in [-0.4, -0.2) is 51.6 Å². The Hall–Kier alpha value is -0.650. The van der Waals surface area contributed by atoms with Gasteiger partial charge in [-0.2, -0.15) is 0 Å². The summed E-state index contributed by atoms with van der Waals surface area (Å²) in [6.07, 6.45) is 1.52. The van der Waals surface area contributed by atoms with Crippen LogP contribution in [0.15, 0.2) is 0 Å². The van der Waals surface area contributed by atoms with Crippen molar-refractivity contribution in [1.82, 2.24) is 5.32 Å². The molecule has 1 saturated carbocycles. The highest BCUT2D eigenvalue weighted by molar-refractivity contribution is 5.82. The van der Waals surface area contributed by atoms with Gasteiger partial charge in [0.1, 0.15) is 5.54 Å². The molecule has 0 bridgehead atoms. The summed E-state index contributed by atoms with van der Waals surface area (Å²) in [7, 11) is 3.05. The van der Waals surface area contributed by atoms with E-state index >= 15 is 0 Å². The van der Waals surface area contributed by atoms with Crippen molar-refractivity contribution < 1.29 is 19.0 Å². The van der Waals surface area contributed by atoms with Crippen molar-refractivity contribution in [1.29, 1.82) is 0 Å². The van der Waals surface area contributed by atoms with Crippen molar-refractivity contribution in [3.05, 3.63) is 0 Å². The van der Waals surface area contributed by atoms with E-state index in [4.69, 9.17) is 14.2 Å². The van der Waals surface area contributed by atoms with Gasteiger partial charge >= 0.3 is 5.97 Å². The lowest BCUT2D eigenvalue weighted by Crippen LogP contribution is -2.64. The van der Waals surface area contributed by atoms with Crippen LogP contribution in [0.4, 0.5) is 0 Å². The number of carbonyl (C=O) groups excluding carboxylic acids is 1. The monoisotopic (exact) mass is 231 g/mol. The Morgan fingerprint density at radius 2 is 2.12 bits per heavy atom. The molecule has 0 saturated heterocycles. The highest BCUT2D eigenvalue weighted by Gasteiger charge is 2.51. The van der Waals surface area contributed by atoms with Gasteiger partial charge in [-0.3, -0.25) is 10.1 Å². The smallest absolute Gasteiger partial charge is 0.326 e. The van der Waals surface area contributed by atoms with Crippen LogP contribution in [0.5, 0.6) is 0 Å². The minimum absolute atomic E-state index is 0.166.